The molecule has 0 radical (unpaired) electrons. The Morgan fingerprint density at radius 1 is 1.05 bits per heavy atom. The molecule has 110 valence electrons. The molecule has 3 heteroatoms. The average molecular weight is 320 g/mol. The summed E-state index contributed by atoms with van der Waals surface area (Å²) >= 11 is 12.6. The molecule has 1 nitrogen and oxygen atoms in total. The molecular weight excluding hydrogens is 301 g/mol. The molecule has 0 spiro atoms. The number of halogens is 2. The highest BCUT2D eigenvalue weighted by Crippen LogP contribution is 2.38. The quantitative estimate of drug-likeness (QED) is 0.833. The number of rotatable bonds is 3. The van der Waals surface area contributed by atoms with Gasteiger partial charge in [0.2, 0.25) is 0 Å². The van der Waals surface area contributed by atoms with Gasteiger partial charge in [-0.15, -0.1) is 0 Å². The molecule has 2 aromatic rings. The topological polar surface area (TPSA) is 12.0 Å². The van der Waals surface area contributed by atoms with Gasteiger partial charge in [-0.1, -0.05) is 59.6 Å². The van der Waals surface area contributed by atoms with E-state index in [4.69, 9.17) is 23.2 Å². The van der Waals surface area contributed by atoms with Crippen molar-refractivity contribution < 1.29 is 0 Å². The molecular formula is C18H19Cl2N. The Balaban J connectivity index is 1.90. The molecule has 0 bridgehead atoms. The highest BCUT2D eigenvalue weighted by atomic mass is 35.5. The van der Waals surface area contributed by atoms with Crippen LogP contribution < -0.4 is 5.32 Å². The number of nitrogens with one attached hydrogen (secondary N) is 1. The minimum atomic E-state index is 0.240. The Kier molecular flexibility index (Phi) is 4.54. The minimum Gasteiger partial charge on any atom is -0.313 e. The van der Waals surface area contributed by atoms with Crippen molar-refractivity contribution in [1.82, 2.24) is 5.32 Å². The maximum absolute atomic E-state index is 6.41. The summed E-state index contributed by atoms with van der Waals surface area (Å²) in [6.07, 6.45) is 3.40. The fourth-order valence-electron chi connectivity index (χ4n) is 3.42. The van der Waals surface area contributed by atoms with Crippen molar-refractivity contribution in [3.8, 4) is 0 Å². The predicted molar refractivity (Wildman–Crippen MR) is 90.2 cm³/mol. The van der Waals surface area contributed by atoms with Crippen molar-refractivity contribution in [1.29, 1.82) is 0 Å². The summed E-state index contributed by atoms with van der Waals surface area (Å²) in [6.45, 7) is 0. The van der Waals surface area contributed by atoms with Crippen LogP contribution in [0.1, 0.15) is 29.2 Å². The Bertz CT molecular complexity index is 639. The molecule has 0 aromatic heterocycles. The molecule has 0 saturated carbocycles. The molecule has 1 N–H and O–H groups in total. The monoisotopic (exact) mass is 319 g/mol. The van der Waals surface area contributed by atoms with E-state index < -0.39 is 0 Å². The first-order chi connectivity index (χ1) is 10.2. The van der Waals surface area contributed by atoms with Crippen molar-refractivity contribution in [2.45, 2.75) is 25.3 Å². The molecule has 3 rings (SSSR count). The SMILES string of the molecule is CNC(c1cccc(Cl)c1Cl)C1CCc2ccccc2C1. The van der Waals surface area contributed by atoms with Gasteiger partial charge in [0.25, 0.3) is 0 Å². The van der Waals surface area contributed by atoms with E-state index in [1.165, 1.54) is 17.5 Å². The second kappa shape index (κ2) is 6.39. The number of aryl methyl sites for hydroxylation is 1. The normalized spacial score (nSPS) is 19.1. The van der Waals surface area contributed by atoms with Gasteiger partial charge in [-0.2, -0.15) is 0 Å². The maximum Gasteiger partial charge on any atom is 0.0640 e. The summed E-state index contributed by atoms with van der Waals surface area (Å²) in [5.41, 5.74) is 4.06. The molecule has 2 unspecified atom stereocenters. The van der Waals surface area contributed by atoms with Crippen molar-refractivity contribution in [3.63, 3.8) is 0 Å². The van der Waals surface area contributed by atoms with Crippen molar-refractivity contribution in [2.24, 2.45) is 5.92 Å². The van der Waals surface area contributed by atoms with Crippen molar-refractivity contribution >= 4 is 23.2 Å². The number of hydrogen-bond acceptors (Lipinski definition) is 1. The molecule has 0 aliphatic heterocycles. The van der Waals surface area contributed by atoms with Crippen LogP contribution in [0.15, 0.2) is 42.5 Å². The average Bonchev–Trinajstić information content (AvgIpc) is 2.52. The van der Waals surface area contributed by atoms with Crippen LogP contribution in [0, 0.1) is 5.92 Å². The molecule has 0 heterocycles. The Labute approximate surface area is 136 Å². The zero-order chi connectivity index (χ0) is 14.8. The summed E-state index contributed by atoms with van der Waals surface area (Å²) in [4.78, 5) is 0. The second-order valence-corrected chi connectivity index (χ2v) is 6.47. The van der Waals surface area contributed by atoms with Crippen LogP contribution in [-0.2, 0) is 12.8 Å². The van der Waals surface area contributed by atoms with E-state index in [1.54, 1.807) is 0 Å². The maximum atomic E-state index is 6.41. The molecule has 1 aliphatic carbocycles. The van der Waals surface area contributed by atoms with Gasteiger partial charge in [-0.3, -0.25) is 0 Å². The van der Waals surface area contributed by atoms with Crippen LogP contribution in [0.3, 0.4) is 0 Å². The van der Waals surface area contributed by atoms with E-state index in [-0.39, 0.29) is 6.04 Å². The third kappa shape index (κ3) is 2.96. The van der Waals surface area contributed by atoms with Gasteiger partial charge in [0.15, 0.2) is 0 Å². The van der Waals surface area contributed by atoms with Gasteiger partial charge in [0, 0.05) is 6.04 Å². The van der Waals surface area contributed by atoms with Crippen LogP contribution in [0.2, 0.25) is 10.0 Å². The van der Waals surface area contributed by atoms with Crippen LogP contribution in [0.4, 0.5) is 0 Å². The van der Waals surface area contributed by atoms with Crippen molar-refractivity contribution in [3.05, 3.63) is 69.2 Å². The first-order valence-corrected chi connectivity index (χ1v) is 8.14. The minimum absolute atomic E-state index is 0.240. The zero-order valence-electron chi connectivity index (χ0n) is 12.1. The molecule has 1 aliphatic rings. The van der Waals surface area contributed by atoms with E-state index in [9.17, 15) is 0 Å². The van der Waals surface area contributed by atoms with Crippen molar-refractivity contribution in [2.75, 3.05) is 7.05 Å². The van der Waals surface area contributed by atoms with Gasteiger partial charge in [0.05, 0.1) is 10.0 Å². The summed E-state index contributed by atoms with van der Waals surface area (Å²) in [7, 11) is 2.00. The molecule has 21 heavy (non-hydrogen) atoms. The fraction of sp³-hybridized carbons (Fsp3) is 0.333. The standard InChI is InChI=1S/C18H19Cl2N/c1-21-18(15-7-4-8-16(19)17(15)20)14-10-9-12-5-2-3-6-13(12)11-14/h2-8,14,18,21H,9-11H2,1H3. The van der Waals surface area contributed by atoms with E-state index in [1.807, 2.05) is 19.2 Å². The first-order valence-electron chi connectivity index (χ1n) is 7.38. The molecule has 0 saturated heterocycles. The van der Waals surface area contributed by atoms with E-state index in [2.05, 4.69) is 35.6 Å². The number of hydrogen-bond donors (Lipinski definition) is 1. The molecule has 0 fully saturated rings. The third-order valence-corrected chi connectivity index (χ3v) is 5.32. The number of benzene rings is 2. The Hall–Kier alpha value is -1.02. The summed E-state index contributed by atoms with van der Waals surface area (Å²) in [6, 6.07) is 14.9. The number of fused-ring (bicyclic) bond motifs is 1. The van der Waals surface area contributed by atoms with Crippen LogP contribution in [0.25, 0.3) is 0 Å². The van der Waals surface area contributed by atoms with E-state index in [0.29, 0.717) is 16.0 Å². The largest absolute Gasteiger partial charge is 0.313 e. The smallest absolute Gasteiger partial charge is 0.0640 e. The third-order valence-electron chi connectivity index (χ3n) is 4.48. The highest BCUT2D eigenvalue weighted by Gasteiger charge is 2.28. The summed E-state index contributed by atoms with van der Waals surface area (Å²) < 4.78 is 0. The van der Waals surface area contributed by atoms with E-state index >= 15 is 0 Å². The van der Waals surface area contributed by atoms with E-state index in [0.717, 1.165) is 18.4 Å². The summed E-state index contributed by atoms with van der Waals surface area (Å²) in [5, 5.41) is 4.75. The summed E-state index contributed by atoms with van der Waals surface area (Å²) in [5.74, 6) is 0.542. The van der Waals surface area contributed by atoms with Gasteiger partial charge < -0.3 is 5.32 Å². The van der Waals surface area contributed by atoms with Crippen LogP contribution >= 0.6 is 23.2 Å². The second-order valence-electron chi connectivity index (χ2n) is 5.68. The highest BCUT2D eigenvalue weighted by molar-refractivity contribution is 6.42. The fourth-order valence-corrected chi connectivity index (χ4v) is 3.84. The Morgan fingerprint density at radius 3 is 2.57 bits per heavy atom. The molecule has 2 atom stereocenters. The lowest BCUT2D eigenvalue weighted by Gasteiger charge is -2.32. The Morgan fingerprint density at radius 2 is 1.81 bits per heavy atom. The molecule has 0 amide bonds. The lowest BCUT2D eigenvalue weighted by molar-refractivity contribution is 0.342. The van der Waals surface area contributed by atoms with Gasteiger partial charge in [-0.05, 0) is 55.0 Å². The molecule has 2 aromatic carbocycles. The lowest BCUT2D eigenvalue weighted by atomic mass is 9.78. The van der Waals surface area contributed by atoms with Gasteiger partial charge in [0.1, 0.15) is 0 Å². The zero-order valence-corrected chi connectivity index (χ0v) is 13.6. The lowest BCUT2D eigenvalue weighted by Crippen LogP contribution is -2.30. The van der Waals surface area contributed by atoms with Gasteiger partial charge >= 0.3 is 0 Å². The van der Waals surface area contributed by atoms with Crippen LogP contribution in [-0.4, -0.2) is 7.05 Å². The predicted octanol–water partition coefficient (Wildman–Crippen LogP) is 5.06. The first kappa shape index (κ1) is 14.9. The van der Waals surface area contributed by atoms with Crippen LogP contribution in [0.5, 0.6) is 0 Å². The van der Waals surface area contributed by atoms with Gasteiger partial charge in [-0.25, -0.2) is 0 Å².